The van der Waals surface area contributed by atoms with E-state index in [1.165, 1.54) is 28.2 Å². The zero-order valence-corrected chi connectivity index (χ0v) is 15.2. The summed E-state index contributed by atoms with van der Waals surface area (Å²) in [5.41, 5.74) is 2.43. The molecule has 4 nitrogen and oxygen atoms in total. The number of fused-ring (bicyclic) bond motifs is 1. The number of rotatable bonds is 6. The molecule has 132 valence electrons. The summed E-state index contributed by atoms with van der Waals surface area (Å²) in [7, 11) is 0. The second kappa shape index (κ2) is 8.30. The summed E-state index contributed by atoms with van der Waals surface area (Å²) >= 11 is 1.51. The van der Waals surface area contributed by atoms with Crippen molar-refractivity contribution in [2.45, 2.75) is 32.6 Å². The van der Waals surface area contributed by atoms with E-state index < -0.39 is 5.97 Å². The van der Waals surface area contributed by atoms with Gasteiger partial charge in [-0.1, -0.05) is 37.3 Å². The summed E-state index contributed by atoms with van der Waals surface area (Å²) in [6.07, 6.45) is 4.00. The molecule has 1 N–H and O–H groups in total. The number of thiophene rings is 1. The van der Waals surface area contributed by atoms with Crippen LogP contribution in [0.15, 0.2) is 36.4 Å². The monoisotopic (exact) mass is 357 g/mol. The third-order valence-electron chi connectivity index (χ3n) is 4.44. The van der Waals surface area contributed by atoms with Crippen LogP contribution >= 0.6 is 11.3 Å². The molecule has 1 atom stereocenters. The van der Waals surface area contributed by atoms with Crippen molar-refractivity contribution in [3.8, 4) is 0 Å². The fourth-order valence-electron chi connectivity index (χ4n) is 3.05. The number of carbonyl (C=O) groups is 2. The Morgan fingerprint density at radius 2 is 2.08 bits per heavy atom. The Morgan fingerprint density at radius 3 is 2.88 bits per heavy atom. The van der Waals surface area contributed by atoms with Crippen LogP contribution in [0.3, 0.4) is 0 Å². The van der Waals surface area contributed by atoms with E-state index in [-0.39, 0.29) is 12.5 Å². The third-order valence-corrected chi connectivity index (χ3v) is 5.66. The van der Waals surface area contributed by atoms with Gasteiger partial charge < -0.3 is 10.1 Å². The van der Waals surface area contributed by atoms with Crippen LogP contribution in [0.2, 0.25) is 0 Å². The van der Waals surface area contributed by atoms with E-state index in [2.05, 4.69) is 12.2 Å². The first-order valence-corrected chi connectivity index (χ1v) is 9.53. The van der Waals surface area contributed by atoms with Crippen molar-refractivity contribution < 1.29 is 14.3 Å². The Balaban J connectivity index is 1.42. The molecule has 3 rings (SSSR count). The van der Waals surface area contributed by atoms with E-state index in [1.807, 2.05) is 36.4 Å². The lowest BCUT2D eigenvalue weighted by atomic mass is 9.90. The molecule has 1 aromatic heterocycles. The van der Waals surface area contributed by atoms with Crippen molar-refractivity contribution in [2.75, 3.05) is 13.2 Å². The lowest BCUT2D eigenvalue weighted by Crippen LogP contribution is -2.30. The molecule has 0 radical (unpaired) electrons. The number of ether oxygens (including phenoxy) is 1. The van der Waals surface area contributed by atoms with Crippen molar-refractivity contribution >= 4 is 23.2 Å². The number of nitrogens with one attached hydrogen (secondary N) is 1. The molecule has 2 aromatic rings. The highest BCUT2D eigenvalue weighted by Crippen LogP contribution is 2.32. The molecule has 0 spiro atoms. The van der Waals surface area contributed by atoms with Crippen LogP contribution in [0.5, 0.6) is 0 Å². The number of hydrogen-bond donors (Lipinski definition) is 1. The Kier molecular flexibility index (Phi) is 5.87. The molecular weight excluding hydrogens is 334 g/mol. The Bertz CT molecular complexity index is 739. The van der Waals surface area contributed by atoms with Crippen molar-refractivity contribution in [3.63, 3.8) is 0 Å². The topological polar surface area (TPSA) is 55.4 Å². The third kappa shape index (κ3) is 4.92. The van der Waals surface area contributed by atoms with Crippen LogP contribution in [-0.4, -0.2) is 25.0 Å². The van der Waals surface area contributed by atoms with Gasteiger partial charge in [0.2, 0.25) is 0 Å². The van der Waals surface area contributed by atoms with E-state index >= 15 is 0 Å². The summed E-state index contributed by atoms with van der Waals surface area (Å²) < 4.78 is 5.16. The Morgan fingerprint density at radius 1 is 1.28 bits per heavy atom. The predicted molar refractivity (Wildman–Crippen MR) is 98.9 cm³/mol. The van der Waals surface area contributed by atoms with Crippen LogP contribution in [-0.2, 0) is 28.8 Å². The second-order valence-electron chi connectivity index (χ2n) is 6.57. The Hall–Kier alpha value is -2.14. The second-order valence-corrected chi connectivity index (χ2v) is 7.71. The van der Waals surface area contributed by atoms with Crippen LogP contribution in [0.4, 0.5) is 0 Å². The molecule has 0 aliphatic heterocycles. The quantitative estimate of drug-likeness (QED) is 0.806. The summed E-state index contributed by atoms with van der Waals surface area (Å²) in [5, 5.41) is 2.78. The molecule has 1 heterocycles. The SMILES string of the molecule is CC1CCc2sc(C(=O)OCC(=O)NCCc3ccccc3)cc2C1. The number of esters is 1. The summed E-state index contributed by atoms with van der Waals surface area (Å²) in [6, 6.07) is 11.9. The molecule has 1 unspecified atom stereocenters. The van der Waals surface area contributed by atoms with Gasteiger partial charge in [-0.25, -0.2) is 4.79 Å². The van der Waals surface area contributed by atoms with Gasteiger partial charge in [0.05, 0.1) is 0 Å². The van der Waals surface area contributed by atoms with Gasteiger partial charge in [0.25, 0.3) is 5.91 Å². The molecule has 0 saturated heterocycles. The molecule has 0 bridgehead atoms. The highest BCUT2D eigenvalue weighted by Gasteiger charge is 2.21. The highest BCUT2D eigenvalue weighted by molar-refractivity contribution is 7.14. The minimum atomic E-state index is -0.398. The minimum Gasteiger partial charge on any atom is -0.451 e. The average molecular weight is 357 g/mol. The fourth-order valence-corrected chi connectivity index (χ4v) is 4.15. The maximum atomic E-state index is 12.2. The largest absolute Gasteiger partial charge is 0.451 e. The van der Waals surface area contributed by atoms with Gasteiger partial charge in [-0.3, -0.25) is 4.79 Å². The van der Waals surface area contributed by atoms with Crippen molar-refractivity contribution in [2.24, 2.45) is 5.92 Å². The van der Waals surface area contributed by atoms with E-state index in [9.17, 15) is 9.59 Å². The van der Waals surface area contributed by atoms with Crippen LogP contribution in [0.1, 0.15) is 39.0 Å². The molecule has 1 aliphatic carbocycles. The fraction of sp³-hybridized carbons (Fsp3) is 0.400. The molecule has 0 saturated carbocycles. The van der Waals surface area contributed by atoms with E-state index in [1.54, 1.807) is 0 Å². The van der Waals surface area contributed by atoms with Gasteiger partial charge in [-0.2, -0.15) is 0 Å². The first-order valence-electron chi connectivity index (χ1n) is 8.71. The number of amides is 1. The lowest BCUT2D eigenvalue weighted by molar-refractivity contribution is -0.124. The highest BCUT2D eigenvalue weighted by atomic mass is 32.1. The van der Waals surface area contributed by atoms with Crippen molar-refractivity contribution in [1.82, 2.24) is 5.32 Å². The maximum Gasteiger partial charge on any atom is 0.348 e. The molecule has 1 amide bonds. The predicted octanol–water partition coefficient (Wildman–Crippen LogP) is 3.39. The summed E-state index contributed by atoms with van der Waals surface area (Å²) in [5.74, 6) is 0.00541. The lowest BCUT2D eigenvalue weighted by Gasteiger charge is -2.16. The Labute approximate surface area is 152 Å². The van der Waals surface area contributed by atoms with Gasteiger partial charge in [0.1, 0.15) is 4.88 Å². The molecule has 0 fully saturated rings. The first-order chi connectivity index (χ1) is 12.1. The van der Waals surface area contributed by atoms with Crippen molar-refractivity contribution in [1.29, 1.82) is 0 Å². The van der Waals surface area contributed by atoms with Crippen LogP contribution < -0.4 is 5.32 Å². The van der Waals surface area contributed by atoms with E-state index in [0.717, 1.165) is 24.8 Å². The van der Waals surface area contributed by atoms with Gasteiger partial charge in [-0.05, 0) is 48.8 Å². The van der Waals surface area contributed by atoms with E-state index in [0.29, 0.717) is 17.3 Å². The summed E-state index contributed by atoms with van der Waals surface area (Å²) in [6.45, 7) is 2.54. The van der Waals surface area contributed by atoms with Gasteiger partial charge >= 0.3 is 5.97 Å². The van der Waals surface area contributed by atoms with Crippen molar-refractivity contribution in [3.05, 3.63) is 57.3 Å². The van der Waals surface area contributed by atoms with E-state index in [4.69, 9.17) is 4.74 Å². The average Bonchev–Trinajstić information content (AvgIpc) is 3.04. The number of carbonyl (C=O) groups excluding carboxylic acids is 2. The molecule has 1 aliphatic rings. The van der Waals surface area contributed by atoms with Crippen LogP contribution in [0.25, 0.3) is 0 Å². The standard InChI is InChI=1S/C20H23NO3S/c1-14-7-8-17-16(11-14)12-18(25-17)20(23)24-13-19(22)21-10-9-15-5-3-2-4-6-15/h2-6,12,14H,7-11,13H2,1H3,(H,21,22). The van der Waals surface area contributed by atoms with Gasteiger partial charge in [0.15, 0.2) is 6.61 Å². The maximum absolute atomic E-state index is 12.2. The van der Waals surface area contributed by atoms with Gasteiger partial charge in [-0.15, -0.1) is 11.3 Å². The normalized spacial score (nSPS) is 16.1. The number of hydrogen-bond acceptors (Lipinski definition) is 4. The number of aryl methyl sites for hydroxylation is 1. The molecular formula is C20H23NO3S. The first kappa shape index (κ1) is 17.7. The molecule has 25 heavy (non-hydrogen) atoms. The molecule has 5 heteroatoms. The minimum absolute atomic E-state index is 0.230. The zero-order chi connectivity index (χ0) is 17.6. The zero-order valence-electron chi connectivity index (χ0n) is 14.4. The molecule has 1 aromatic carbocycles. The van der Waals surface area contributed by atoms with Crippen LogP contribution in [0, 0.1) is 5.92 Å². The number of benzene rings is 1. The van der Waals surface area contributed by atoms with Gasteiger partial charge in [0, 0.05) is 11.4 Å². The smallest absolute Gasteiger partial charge is 0.348 e. The summed E-state index contributed by atoms with van der Waals surface area (Å²) in [4.78, 5) is 25.9.